The van der Waals surface area contributed by atoms with Gasteiger partial charge in [0.25, 0.3) is 5.91 Å². The van der Waals surface area contributed by atoms with Crippen LogP contribution in [0.2, 0.25) is 0 Å². The van der Waals surface area contributed by atoms with Crippen LogP contribution in [0.15, 0.2) is 17.8 Å². The lowest BCUT2D eigenvalue weighted by molar-refractivity contribution is -0.141. The largest absolute Gasteiger partial charge is 0.480 e. The molecule has 1 amide bonds. The van der Waals surface area contributed by atoms with E-state index in [9.17, 15) is 9.59 Å². The summed E-state index contributed by atoms with van der Waals surface area (Å²) in [5.41, 5.74) is 1.06. The minimum atomic E-state index is -1.05. The van der Waals surface area contributed by atoms with Crippen LogP contribution in [0, 0.1) is 0 Å². The summed E-state index contributed by atoms with van der Waals surface area (Å²) in [5.74, 6) is -1.46. The Hall–Kier alpha value is -2.22. The van der Waals surface area contributed by atoms with E-state index in [0.717, 1.165) is 10.5 Å². The number of carboxylic acids is 1. The third-order valence-corrected chi connectivity index (χ3v) is 3.83. The molecule has 0 saturated carbocycles. The highest BCUT2D eigenvalue weighted by Gasteiger charge is 2.24. The quantitative estimate of drug-likeness (QED) is 0.912. The number of thiazole rings is 1. The van der Waals surface area contributed by atoms with Crippen molar-refractivity contribution in [3.63, 3.8) is 0 Å². The molecule has 2 aromatic rings. The predicted octanol–water partition coefficient (Wildman–Crippen LogP) is 1.09. The van der Waals surface area contributed by atoms with Gasteiger partial charge in [-0.3, -0.25) is 9.48 Å². The van der Waals surface area contributed by atoms with E-state index in [-0.39, 0.29) is 5.69 Å². The average molecular weight is 294 g/mol. The summed E-state index contributed by atoms with van der Waals surface area (Å²) in [6.45, 7) is 1.45. The average Bonchev–Trinajstić information content (AvgIpc) is 3.04. The summed E-state index contributed by atoms with van der Waals surface area (Å²) in [7, 11) is 3.25. The minimum absolute atomic E-state index is 0.240. The Morgan fingerprint density at radius 1 is 1.50 bits per heavy atom. The molecule has 1 atom stereocenters. The molecular weight excluding hydrogens is 280 g/mol. The maximum absolute atomic E-state index is 12.1. The molecule has 0 aromatic carbocycles. The van der Waals surface area contributed by atoms with Gasteiger partial charge in [-0.2, -0.15) is 5.10 Å². The van der Waals surface area contributed by atoms with Crippen LogP contribution in [0.25, 0.3) is 10.6 Å². The van der Waals surface area contributed by atoms with E-state index >= 15 is 0 Å². The van der Waals surface area contributed by atoms with Crippen LogP contribution in [0.1, 0.15) is 17.4 Å². The second-order valence-electron chi connectivity index (χ2n) is 4.37. The zero-order chi connectivity index (χ0) is 14.9. The summed E-state index contributed by atoms with van der Waals surface area (Å²) in [6, 6.07) is -0.897. The first-order valence-electron chi connectivity index (χ1n) is 5.84. The molecule has 1 N–H and O–H groups in total. The molecule has 0 aliphatic rings. The molecular formula is C12H14N4O3S. The molecule has 8 heteroatoms. The van der Waals surface area contributed by atoms with Gasteiger partial charge in [-0.15, -0.1) is 11.3 Å². The van der Waals surface area contributed by atoms with Crippen LogP contribution in [-0.2, 0) is 11.8 Å². The third-order valence-electron chi connectivity index (χ3n) is 2.93. The highest BCUT2D eigenvalue weighted by atomic mass is 32.1. The Morgan fingerprint density at radius 3 is 2.75 bits per heavy atom. The van der Waals surface area contributed by atoms with Crippen molar-refractivity contribution in [1.82, 2.24) is 19.7 Å². The van der Waals surface area contributed by atoms with E-state index in [0.29, 0.717) is 5.01 Å². The Bertz CT molecular complexity index is 649. The van der Waals surface area contributed by atoms with Crippen molar-refractivity contribution in [3.8, 4) is 10.6 Å². The number of aromatic nitrogens is 3. The van der Waals surface area contributed by atoms with Crippen molar-refractivity contribution in [1.29, 1.82) is 0 Å². The second kappa shape index (κ2) is 5.41. The van der Waals surface area contributed by atoms with Crippen molar-refractivity contribution >= 4 is 23.2 Å². The van der Waals surface area contributed by atoms with E-state index in [1.807, 2.05) is 0 Å². The van der Waals surface area contributed by atoms with Crippen LogP contribution in [0.5, 0.6) is 0 Å². The number of carbonyl (C=O) groups is 2. The van der Waals surface area contributed by atoms with Gasteiger partial charge in [0, 0.05) is 31.2 Å². The number of amides is 1. The van der Waals surface area contributed by atoms with Crippen LogP contribution >= 0.6 is 11.3 Å². The highest BCUT2D eigenvalue weighted by Crippen LogP contribution is 2.23. The molecule has 0 bridgehead atoms. The van der Waals surface area contributed by atoms with E-state index in [1.165, 1.54) is 25.3 Å². The van der Waals surface area contributed by atoms with Gasteiger partial charge in [0.1, 0.15) is 16.7 Å². The summed E-state index contributed by atoms with van der Waals surface area (Å²) in [4.78, 5) is 28.4. The van der Waals surface area contributed by atoms with Gasteiger partial charge in [-0.1, -0.05) is 0 Å². The Balaban J connectivity index is 2.20. The standard InChI is InChI=1S/C12H14N4O3S/c1-7(12(18)19)16(3)11(17)9-6-20-10(14-9)8-4-13-15(2)5-8/h4-7H,1-3H3,(H,18,19). The molecule has 2 rings (SSSR count). The molecule has 106 valence electrons. The number of aliphatic carboxylic acids is 1. The van der Waals surface area contributed by atoms with Crippen LogP contribution in [0.4, 0.5) is 0 Å². The van der Waals surface area contributed by atoms with Crippen molar-refractivity contribution in [3.05, 3.63) is 23.5 Å². The molecule has 2 aromatic heterocycles. The smallest absolute Gasteiger partial charge is 0.326 e. The number of rotatable bonds is 4. The number of hydrogen-bond donors (Lipinski definition) is 1. The van der Waals surface area contributed by atoms with Gasteiger partial charge in [-0.25, -0.2) is 9.78 Å². The molecule has 0 aliphatic carbocycles. The maximum Gasteiger partial charge on any atom is 0.326 e. The fourth-order valence-electron chi connectivity index (χ4n) is 1.56. The SMILES string of the molecule is CC(C(=O)O)N(C)C(=O)c1csc(-c2cnn(C)c2)n1. The second-order valence-corrected chi connectivity index (χ2v) is 5.23. The van der Waals surface area contributed by atoms with Crippen molar-refractivity contribution in [2.75, 3.05) is 7.05 Å². The Kier molecular flexibility index (Phi) is 3.84. The fourth-order valence-corrected chi connectivity index (χ4v) is 2.33. The van der Waals surface area contributed by atoms with Crippen molar-refractivity contribution in [2.24, 2.45) is 7.05 Å². The predicted molar refractivity (Wildman–Crippen MR) is 73.5 cm³/mol. The lowest BCUT2D eigenvalue weighted by Gasteiger charge is -2.20. The number of carboxylic acid groups (broad SMARTS) is 1. The third kappa shape index (κ3) is 2.69. The molecule has 0 radical (unpaired) electrons. The number of hydrogen-bond acceptors (Lipinski definition) is 5. The maximum atomic E-state index is 12.1. The highest BCUT2D eigenvalue weighted by molar-refractivity contribution is 7.13. The number of nitrogens with zero attached hydrogens (tertiary/aromatic N) is 4. The first-order valence-corrected chi connectivity index (χ1v) is 6.72. The van der Waals surface area contributed by atoms with Crippen LogP contribution in [0.3, 0.4) is 0 Å². The van der Waals surface area contributed by atoms with Gasteiger partial charge >= 0.3 is 5.97 Å². The number of carbonyl (C=O) groups excluding carboxylic acids is 1. The number of likely N-dealkylation sites (N-methyl/N-ethyl adjacent to an activating group) is 1. The zero-order valence-corrected chi connectivity index (χ0v) is 12.1. The topological polar surface area (TPSA) is 88.3 Å². The lowest BCUT2D eigenvalue weighted by Crippen LogP contribution is -2.40. The molecule has 1 unspecified atom stereocenters. The van der Waals surface area contributed by atoms with Gasteiger partial charge in [0.15, 0.2) is 0 Å². The summed E-state index contributed by atoms with van der Waals surface area (Å²) in [5, 5.41) is 15.3. The monoisotopic (exact) mass is 294 g/mol. The Labute approximate surface area is 119 Å². The Morgan fingerprint density at radius 2 is 2.20 bits per heavy atom. The van der Waals surface area contributed by atoms with Gasteiger partial charge in [-0.05, 0) is 6.92 Å². The number of aryl methyl sites for hydroxylation is 1. The van der Waals surface area contributed by atoms with Crippen molar-refractivity contribution < 1.29 is 14.7 Å². The normalized spacial score (nSPS) is 12.2. The zero-order valence-electron chi connectivity index (χ0n) is 11.3. The fraction of sp³-hybridized carbons (Fsp3) is 0.333. The molecule has 0 aliphatic heterocycles. The first kappa shape index (κ1) is 14.2. The van der Waals surface area contributed by atoms with E-state index in [2.05, 4.69) is 10.1 Å². The first-order chi connectivity index (χ1) is 9.40. The lowest BCUT2D eigenvalue weighted by atomic mass is 10.3. The molecule has 7 nitrogen and oxygen atoms in total. The summed E-state index contributed by atoms with van der Waals surface area (Å²) in [6.07, 6.45) is 3.47. The van der Waals surface area contributed by atoms with E-state index in [1.54, 1.807) is 29.5 Å². The van der Waals surface area contributed by atoms with Gasteiger partial charge < -0.3 is 10.0 Å². The molecule has 20 heavy (non-hydrogen) atoms. The minimum Gasteiger partial charge on any atom is -0.480 e. The summed E-state index contributed by atoms with van der Waals surface area (Å²) >= 11 is 1.32. The molecule has 0 saturated heterocycles. The van der Waals surface area contributed by atoms with Crippen LogP contribution < -0.4 is 0 Å². The summed E-state index contributed by atoms with van der Waals surface area (Å²) < 4.78 is 1.65. The molecule has 0 spiro atoms. The van der Waals surface area contributed by atoms with E-state index in [4.69, 9.17) is 5.11 Å². The van der Waals surface area contributed by atoms with E-state index < -0.39 is 17.9 Å². The van der Waals surface area contributed by atoms with Crippen molar-refractivity contribution in [2.45, 2.75) is 13.0 Å². The van der Waals surface area contributed by atoms with Gasteiger partial charge in [0.05, 0.1) is 6.20 Å². The molecule has 0 fully saturated rings. The van der Waals surface area contributed by atoms with Gasteiger partial charge in [0.2, 0.25) is 0 Å². The van der Waals surface area contributed by atoms with Crippen LogP contribution in [-0.4, -0.2) is 49.7 Å². The molecule has 2 heterocycles.